The summed E-state index contributed by atoms with van der Waals surface area (Å²) in [5.74, 6) is 0. The summed E-state index contributed by atoms with van der Waals surface area (Å²) in [5, 5.41) is 0. The molecule has 0 atom stereocenters. The average molecular weight is 313 g/mol. The van der Waals surface area contributed by atoms with Crippen LogP contribution in [0.15, 0.2) is 23.1 Å². The average Bonchev–Trinajstić information content (AvgIpc) is 2.46. The second kappa shape index (κ2) is 8.48. The number of hydrogen-bond acceptors (Lipinski definition) is 4. The van der Waals surface area contributed by atoms with Crippen molar-refractivity contribution in [1.29, 1.82) is 0 Å². The molecule has 0 spiro atoms. The summed E-state index contributed by atoms with van der Waals surface area (Å²) < 4.78 is 27.4. The highest BCUT2D eigenvalue weighted by atomic mass is 32.2. The van der Waals surface area contributed by atoms with Gasteiger partial charge in [0.15, 0.2) is 0 Å². The van der Waals surface area contributed by atoms with Crippen LogP contribution in [0.5, 0.6) is 0 Å². The Bertz CT molecular complexity index is 544. The maximum atomic E-state index is 12.4. The minimum atomic E-state index is -3.47. The number of hydrogen-bond donors (Lipinski definition) is 2. The fraction of sp³-hybridized carbons (Fsp3) is 0.600. The van der Waals surface area contributed by atoms with E-state index >= 15 is 0 Å². The molecule has 1 aromatic carbocycles. The highest BCUT2D eigenvalue weighted by Crippen LogP contribution is 2.18. The van der Waals surface area contributed by atoms with Gasteiger partial charge >= 0.3 is 0 Å². The highest BCUT2D eigenvalue weighted by molar-refractivity contribution is 7.89. The molecule has 0 aliphatic rings. The Morgan fingerprint density at radius 2 is 1.95 bits per heavy atom. The van der Waals surface area contributed by atoms with Gasteiger partial charge < -0.3 is 10.6 Å². The van der Waals surface area contributed by atoms with Crippen molar-refractivity contribution in [2.75, 3.05) is 26.2 Å². The molecule has 0 aliphatic heterocycles. The molecule has 0 bridgehead atoms. The Labute approximate surface area is 128 Å². The molecule has 3 N–H and O–H groups in total. The van der Waals surface area contributed by atoms with E-state index in [1.807, 2.05) is 6.07 Å². The van der Waals surface area contributed by atoms with E-state index in [1.165, 1.54) is 0 Å². The van der Waals surface area contributed by atoms with Crippen LogP contribution in [-0.2, 0) is 16.6 Å². The molecule has 0 amide bonds. The van der Waals surface area contributed by atoms with Gasteiger partial charge in [-0.1, -0.05) is 26.0 Å². The zero-order valence-electron chi connectivity index (χ0n) is 13.2. The quantitative estimate of drug-likeness (QED) is 0.724. The maximum absolute atomic E-state index is 12.4. The molecule has 0 saturated carbocycles. The Morgan fingerprint density at radius 1 is 1.24 bits per heavy atom. The number of nitrogens with one attached hydrogen (secondary N) is 1. The van der Waals surface area contributed by atoms with Crippen LogP contribution in [0.1, 0.15) is 31.4 Å². The molecule has 5 nitrogen and oxygen atoms in total. The summed E-state index contributed by atoms with van der Waals surface area (Å²) >= 11 is 0. The summed E-state index contributed by atoms with van der Waals surface area (Å²) in [6.07, 6.45) is 1.07. The van der Waals surface area contributed by atoms with Gasteiger partial charge in [-0.05, 0) is 43.6 Å². The summed E-state index contributed by atoms with van der Waals surface area (Å²) in [6, 6.07) is 5.22. The standard InChI is InChI=1S/C15H27N3O2S/c1-4-10-18(5-2)11-9-17-21(19,20)15-8-6-7-14(12-16)13(15)3/h6-8,17H,4-5,9-12,16H2,1-3H3. The minimum absolute atomic E-state index is 0.323. The fourth-order valence-electron chi connectivity index (χ4n) is 2.33. The van der Waals surface area contributed by atoms with Gasteiger partial charge in [0.2, 0.25) is 10.0 Å². The van der Waals surface area contributed by atoms with Gasteiger partial charge in [-0.3, -0.25) is 0 Å². The van der Waals surface area contributed by atoms with E-state index in [2.05, 4.69) is 23.5 Å². The largest absolute Gasteiger partial charge is 0.326 e. The molecule has 0 aromatic heterocycles. The first-order valence-electron chi connectivity index (χ1n) is 7.46. The molecule has 1 rings (SSSR count). The van der Waals surface area contributed by atoms with Crippen molar-refractivity contribution in [2.45, 2.75) is 38.6 Å². The second-order valence-electron chi connectivity index (χ2n) is 5.08. The summed E-state index contributed by atoms with van der Waals surface area (Å²) in [4.78, 5) is 2.55. The lowest BCUT2D eigenvalue weighted by Gasteiger charge is -2.20. The smallest absolute Gasteiger partial charge is 0.240 e. The number of nitrogens with zero attached hydrogens (tertiary/aromatic N) is 1. The minimum Gasteiger partial charge on any atom is -0.326 e. The topological polar surface area (TPSA) is 75.4 Å². The van der Waals surface area contributed by atoms with Crippen LogP contribution >= 0.6 is 0 Å². The molecule has 0 radical (unpaired) electrons. The van der Waals surface area contributed by atoms with Crippen molar-refractivity contribution < 1.29 is 8.42 Å². The summed E-state index contributed by atoms with van der Waals surface area (Å²) in [6.45, 7) is 9.40. The Balaban J connectivity index is 2.74. The van der Waals surface area contributed by atoms with Crippen LogP contribution in [0.3, 0.4) is 0 Å². The molecule has 6 heteroatoms. The molecule has 21 heavy (non-hydrogen) atoms. The van der Waals surface area contributed by atoms with Crippen molar-refractivity contribution in [2.24, 2.45) is 5.73 Å². The van der Waals surface area contributed by atoms with E-state index in [-0.39, 0.29) is 0 Å². The molecule has 0 heterocycles. The maximum Gasteiger partial charge on any atom is 0.240 e. The van der Waals surface area contributed by atoms with Crippen LogP contribution in [-0.4, -0.2) is 39.5 Å². The van der Waals surface area contributed by atoms with Crippen LogP contribution in [0, 0.1) is 6.92 Å². The van der Waals surface area contributed by atoms with Crippen LogP contribution < -0.4 is 10.5 Å². The first-order valence-corrected chi connectivity index (χ1v) is 8.95. The third-order valence-electron chi connectivity index (χ3n) is 3.61. The predicted octanol–water partition coefficient (Wildman–Crippen LogP) is 1.46. The van der Waals surface area contributed by atoms with E-state index < -0.39 is 10.0 Å². The van der Waals surface area contributed by atoms with E-state index in [1.54, 1.807) is 19.1 Å². The number of likely N-dealkylation sites (N-methyl/N-ethyl adjacent to an activating group) is 1. The van der Waals surface area contributed by atoms with Crippen LogP contribution in [0.2, 0.25) is 0 Å². The van der Waals surface area contributed by atoms with Gasteiger partial charge in [0.25, 0.3) is 0 Å². The normalized spacial score (nSPS) is 12.0. The lowest BCUT2D eigenvalue weighted by atomic mass is 10.1. The van der Waals surface area contributed by atoms with Gasteiger partial charge in [-0.15, -0.1) is 0 Å². The first kappa shape index (κ1) is 18.1. The van der Waals surface area contributed by atoms with Gasteiger partial charge in [-0.2, -0.15) is 0 Å². The third kappa shape index (κ3) is 5.07. The van der Waals surface area contributed by atoms with Crippen molar-refractivity contribution in [3.63, 3.8) is 0 Å². The number of rotatable bonds is 9. The van der Waals surface area contributed by atoms with Gasteiger partial charge in [0, 0.05) is 19.6 Å². The molecule has 120 valence electrons. The zero-order valence-corrected chi connectivity index (χ0v) is 14.0. The molecule has 0 saturated heterocycles. The first-order chi connectivity index (χ1) is 9.96. The molecule has 1 aromatic rings. The predicted molar refractivity (Wildman–Crippen MR) is 86.7 cm³/mol. The molecule has 0 unspecified atom stereocenters. The van der Waals surface area contributed by atoms with Gasteiger partial charge in [0.1, 0.15) is 0 Å². The third-order valence-corrected chi connectivity index (χ3v) is 5.22. The lowest BCUT2D eigenvalue weighted by molar-refractivity contribution is 0.293. The van der Waals surface area contributed by atoms with E-state index in [0.717, 1.165) is 37.2 Å². The Hall–Kier alpha value is -0.950. The molecule has 0 aliphatic carbocycles. The number of sulfonamides is 1. The molecule has 0 fully saturated rings. The highest BCUT2D eigenvalue weighted by Gasteiger charge is 2.17. The van der Waals surface area contributed by atoms with Crippen molar-refractivity contribution in [3.05, 3.63) is 29.3 Å². The lowest BCUT2D eigenvalue weighted by Crippen LogP contribution is -2.35. The monoisotopic (exact) mass is 313 g/mol. The Kier molecular flexibility index (Phi) is 7.31. The summed E-state index contributed by atoms with van der Waals surface area (Å²) in [7, 11) is -3.47. The second-order valence-corrected chi connectivity index (χ2v) is 6.81. The SMILES string of the molecule is CCCN(CC)CCNS(=O)(=O)c1cccc(CN)c1C. The molecular formula is C15H27N3O2S. The van der Waals surface area contributed by atoms with Crippen LogP contribution in [0.25, 0.3) is 0 Å². The molecular weight excluding hydrogens is 286 g/mol. The van der Waals surface area contributed by atoms with Crippen LogP contribution in [0.4, 0.5) is 0 Å². The van der Waals surface area contributed by atoms with Crippen molar-refractivity contribution >= 4 is 10.0 Å². The van der Waals surface area contributed by atoms with Crippen molar-refractivity contribution in [3.8, 4) is 0 Å². The summed E-state index contributed by atoms with van der Waals surface area (Å²) in [5.41, 5.74) is 7.22. The zero-order chi connectivity index (χ0) is 15.9. The van der Waals surface area contributed by atoms with E-state index in [0.29, 0.717) is 18.0 Å². The van der Waals surface area contributed by atoms with E-state index in [4.69, 9.17) is 5.73 Å². The fourth-order valence-corrected chi connectivity index (χ4v) is 3.64. The van der Waals surface area contributed by atoms with Gasteiger partial charge in [-0.25, -0.2) is 13.1 Å². The van der Waals surface area contributed by atoms with E-state index in [9.17, 15) is 8.42 Å². The van der Waals surface area contributed by atoms with Gasteiger partial charge in [0.05, 0.1) is 4.90 Å². The van der Waals surface area contributed by atoms with Crippen molar-refractivity contribution in [1.82, 2.24) is 9.62 Å². The Morgan fingerprint density at radius 3 is 2.52 bits per heavy atom. The number of nitrogens with two attached hydrogens (primary N) is 1. The number of benzene rings is 1.